The van der Waals surface area contributed by atoms with Crippen LogP contribution in [0.3, 0.4) is 0 Å². The number of carbonyl (C=O) groups is 1. The normalized spacial score (nSPS) is 10.1. The second-order valence-electron chi connectivity index (χ2n) is 4.76. The number of hydrogen-bond acceptors (Lipinski definition) is 1. The average Bonchev–Trinajstić information content (AvgIpc) is 2.51. The smallest absolute Gasteiger partial charge is 0.227 e. The van der Waals surface area contributed by atoms with Gasteiger partial charge in [-0.25, -0.2) is 4.39 Å². The number of carbonyl (C=O) groups excluding carboxylic acids is 1. The molecule has 0 aliphatic rings. The minimum absolute atomic E-state index is 0.00496. The maximum Gasteiger partial charge on any atom is 0.227 e. The highest BCUT2D eigenvalue weighted by atomic mass is 19.1. The van der Waals surface area contributed by atoms with Crippen molar-refractivity contribution in [2.24, 2.45) is 0 Å². The van der Waals surface area contributed by atoms with Crippen LogP contribution in [0.1, 0.15) is 12.0 Å². The summed E-state index contributed by atoms with van der Waals surface area (Å²) in [6, 6.07) is 15.8. The Labute approximate surface area is 124 Å². The van der Waals surface area contributed by atoms with Crippen LogP contribution in [-0.2, 0) is 11.2 Å². The van der Waals surface area contributed by atoms with Crippen LogP contribution in [0.4, 0.5) is 10.1 Å². The molecule has 0 saturated carbocycles. The number of nitrogens with zero attached hydrogens (tertiary/aromatic N) is 1. The highest BCUT2D eigenvalue weighted by molar-refractivity contribution is 5.93. The highest BCUT2D eigenvalue weighted by Gasteiger charge is 2.14. The molecule has 0 N–H and O–H groups in total. The summed E-state index contributed by atoms with van der Waals surface area (Å²) in [6.07, 6.45) is 2.57. The van der Waals surface area contributed by atoms with Gasteiger partial charge in [0.2, 0.25) is 5.91 Å². The second-order valence-corrected chi connectivity index (χ2v) is 4.76. The number of para-hydroxylation sites is 1. The number of anilines is 1. The monoisotopic (exact) mass is 283 g/mol. The van der Waals surface area contributed by atoms with Crippen molar-refractivity contribution in [2.75, 3.05) is 11.4 Å². The van der Waals surface area contributed by atoms with Gasteiger partial charge in [-0.15, -0.1) is 6.58 Å². The van der Waals surface area contributed by atoms with Crippen LogP contribution in [0.2, 0.25) is 0 Å². The molecule has 0 unspecified atom stereocenters. The number of hydrogen-bond donors (Lipinski definition) is 0. The molecule has 0 aliphatic heterocycles. The van der Waals surface area contributed by atoms with Crippen molar-refractivity contribution in [1.82, 2.24) is 0 Å². The number of amides is 1. The Morgan fingerprint density at radius 3 is 2.57 bits per heavy atom. The van der Waals surface area contributed by atoms with Crippen LogP contribution in [0, 0.1) is 5.82 Å². The molecule has 0 spiro atoms. The Kier molecular flexibility index (Phi) is 5.27. The molecular weight excluding hydrogens is 265 g/mol. The minimum atomic E-state index is -0.272. The molecule has 2 aromatic carbocycles. The van der Waals surface area contributed by atoms with Gasteiger partial charge in [0.1, 0.15) is 5.82 Å². The topological polar surface area (TPSA) is 20.3 Å². The Morgan fingerprint density at radius 1 is 1.14 bits per heavy atom. The fourth-order valence-electron chi connectivity index (χ4n) is 2.17. The molecule has 0 aromatic heterocycles. The van der Waals surface area contributed by atoms with Crippen LogP contribution in [0.15, 0.2) is 67.3 Å². The summed E-state index contributed by atoms with van der Waals surface area (Å²) < 4.78 is 13.1. The van der Waals surface area contributed by atoms with E-state index in [1.165, 1.54) is 12.1 Å². The Morgan fingerprint density at radius 2 is 1.90 bits per heavy atom. The first-order valence-electron chi connectivity index (χ1n) is 6.91. The third-order valence-corrected chi connectivity index (χ3v) is 3.20. The Balaban J connectivity index is 2.04. The van der Waals surface area contributed by atoms with Crippen molar-refractivity contribution in [2.45, 2.75) is 12.8 Å². The lowest BCUT2D eigenvalue weighted by Gasteiger charge is -2.21. The van der Waals surface area contributed by atoms with E-state index in [0.717, 1.165) is 11.3 Å². The largest absolute Gasteiger partial charge is 0.309 e. The molecule has 0 fully saturated rings. The van der Waals surface area contributed by atoms with Gasteiger partial charge >= 0.3 is 0 Å². The average molecular weight is 283 g/mol. The first kappa shape index (κ1) is 15.0. The zero-order valence-corrected chi connectivity index (χ0v) is 11.8. The highest BCUT2D eigenvalue weighted by Crippen LogP contribution is 2.15. The fourth-order valence-corrected chi connectivity index (χ4v) is 2.17. The summed E-state index contributed by atoms with van der Waals surface area (Å²) in [5, 5.41) is 0. The van der Waals surface area contributed by atoms with Crippen molar-refractivity contribution in [1.29, 1.82) is 0 Å². The van der Waals surface area contributed by atoms with E-state index in [1.807, 2.05) is 36.4 Å². The van der Waals surface area contributed by atoms with Crippen LogP contribution in [0.5, 0.6) is 0 Å². The molecule has 2 rings (SSSR count). The van der Waals surface area contributed by atoms with E-state index < -0.39 is 0 Å². The third-order valence-electron chi connectivity index (χ3n) is 3.20. The van der Waals surface area contributed by atoms with Gasteiger partial charge in [-0.05, 0) is 36.2 Å². The van der Waals surface area contributed by atoms with Crippen molar-refractivity contribution in [3.63, 3.8) is 0 Å². The van der Waals surface area contributed by atoms with E-state index in [4.69, 9.17) is 0 Å². The van der Waals surface area contributed by atoms with E-state index in [-0.39, 0.29) is 11.7 Å². The van der Waals surface area contributed by atoms with Crippen LogP contribution >= 0.6 is 0 Å². The fraction of sp³-hybridized carbons (Fsp3) is 0.167. The number of rotatable bonds is 6. The van der Waals surface area contributed by atoms with Crippen LogP contribution in [-0.4, -0.2) is 12.5 Å². The van der Waals surface area contributed by atoms with Crippen LogP contribution in [0.25, 0.3) is 0 Å². The van der Waals surface area contributed by atoms with E-state index in [1.54, 1.807) is 17.0 Å². The van der Waals surface area contributed by atoms with Crippen molar-refractivity contribution in [3.8, 4) is 0 Å². The molecule has 0 heterocycles. The third kappa shape index (κ3) is 4.28. The lowest BCUT2D eigenvalue weighted by atomic mass is 10.1. The van der Waals surface area contributed by atoms with Crippen molar-refractivity contribution in [3.05, 3.63) is 78.6 Å². The molecule has 0 bridgehead atoms. The predicted molar refractivity (Wildman–Crippen MR) is 83.7 cm³/mol. The molecule has 0 saturated heterocycles. The van der Waals surface area contributed by atoms with Gasteiger partial charge < -0.3 is 4.90 Å². The van der Waals surface area contributed by atoms with E-state index >= 15 is 0 Å². The van der Waals surface area contributed by atoms with Crippen molar-refractivity contribution < 1.29 is 9.18 Å². The number of halogens is 1. The molecule has 108 valence electrons. The summed E-state index contributed by atoms with van der Waals surface area (Å²) in [7, 11) is 0. The summed E-state index contributed by atoms with van der Waals surface area (Å²) in [6.45, 7) is 4.16. The second kappa shape index (κ2) is 7.39. The van der Waals surface area contributed by atoms with Gasteiger partial charge in [0.15, 0.2) is 0 Å². The maximum atomic E-state index is 13.1. The summed E-state index contributed by atoms with van der Waals surface area (Å²) in [5.41, 5.74) is 1.68. The minimum Gasteiger partial charge on any atom is -0.309 e. The van der Waals surface area contributed by atoms with Gasteiger partial charge in [-0.1, -0.05) is 36.4 Å². The molecule has 0 radical (unpaired) electrons. The van der Waals surface area contributed by atoms with E-state index in [0.29, 0.717) is 19.4 Å². The Hall–Kier alpha value is -2.42. The summed E-state index contributed by atoms with van der Waals surface area (Å²) in [5.74, 6) is -0.267. The standard InChI is InChI=1S/C18H18FNO/c1-2-13-20(17-9-4-3-5-10-17)18(21)12-11-15-7-6-8-16(19)14-15/h2-10,14H,1,11-13H2. The van der Waals surface area contributed by atoms with Crippen molar-refractivity contribution >= 4 is 11.6 Å². The first-order chi connectivity index (χ1) is 10.2. The number of aryl methyl sites for hydroxylation is 1. The molecule has 0 aliphatic carbocycles. The van der Waals surface area contributed by atoms with Gasteiger partial charge in [-0.3, -0.25) is 4.79 Å². The number of benzene rings is 2. The zero-order chi connectivity index (χ0) is 15.1. The first-order valence-corrected chi connectivity index (χ1v) is 6.91. The molecular formula is C18H18FNO. The molecule has 2 aromatic rings. The zero-order valence-electron chi connectivity index (χ0n) is 11.8. The molecule has 3 heteroatoms. The predicted octanol–water partition coefficient (Wildman–Crippen LogP) is 3.98. The lowest BCUT2D eigenvalue weighted by molar-refractivity contribution is -0.118. The molecule has 0 atom stereocenters. The molecule has 1 amide bonds. The summed E-state index contributed by atoms with van der Waals surface area (Å²) >= 11 is 0. The van der Waals surface area contributed by atoms with Gasteiger partial charge in [0.25, 0.3) is 0 Å². The van der Waals surface area contributed by atoms with E-state index in [9.17, 15) is 9.18 Å². The SMILES string of the molecule is C=CCN(C(=O)CCc1cccc(F)c1)c1ccccc1. The molecule has 21 heavy (non-hydrogen) atoms. The van der Waals surface area contributed by atoms with Crippen LogP contribution < -0.4 is 4.90 Å². The molecule has 2 nitrogen and oxygen atoms in total. The Bertz CT molecular complexity index is 610. The lowest BCUT2D eigenvalue weighted by Crippen LogP contribution is -2.31. The van der Waals surface area contributed by atoms with Gasteiger partial charge in [0, 0.05) is 18.7 Å². The maximum absolute atomic E-state index is 13.1. The van der Waals surface area contributed by atoms with Gasteiger partial charge in [0.05, 0.1) is 0 Å². The van der Waals surface area contributed by atoms with Gasteiger partial charge in [-0.2, -0.15) is 0 Å². The summed E-state index contributed by atoms with van der Waals surface area (Å²) in [4.78, 5) is 14.1. The quantitative estimate of drug-likeness (QED) is 0.734. The van der Waals surface area contributed by atoms with E-state index in [2.05, 4.69) is 6.58 Å².